The fourth-order valence-electron chi connectivity index (χ4n) is 1.52. The van der Waals surface area contributed by atoms with Gasteiger partial charge in [-0.2, -0.15) is 0 Å². The molecule has 0 spiro atoms. The number of unbranched alkanes of at least 4 members (excludes halogenated alkanes) is 1. The minimum atomic E-state index is 0.123. The van der Waals surface area contributed by atoms with Crippen LogP contribution < -0.4 is 0 Å². The van der Waals surface area contributed by atoms with Crippen LogP contribution in [-0.4, -0.2) is 49.0 Å². The van der Waals surface area contributed by atoms with Crippen LogP contribution in [0.3, 0.4) is 0 Å². The lowest BCUT2D eigenvalue weighted by Gasteiger charge is -2.28. The molecule has 0 aromatic rings. The SMILES string of the molecule is CCCCN(CCOCCO)C(C)CC. The number of hydrogen-bond donors (Lipinski definition) is 1. The Morgan fingerprint density at radius 3 is 2.47 bits per heavy atom. The van der Waals surface area contributed by atoms with E-state index in [2.05, 4.69) is 25.7 Å². The van der Waals surface area contributed by atoms with Gasteiger partial charge in [-0.25, -0.2) is 0 Å². The molecular formula is C12H27NO2. The molecule has 0 radical (unpaired) electrons. The number of aliphatic hydroxyl groups is 1. The van der Waals surface area contributed by atoms with E-state index < -0.39 is 0 Å². The van der Waals surface area contributed by atoms with Gasteiger partial charge in [0.15, 0.2) is 0 Å². The number of nitrogens with zero attached hydrogens (tertiary/aromatic N) is 1. The van der Waals surface area contributed by atoms with E-state index in [9.17, 15) is 0 Å². The summed E-state index contributed by atoms with van der Waals surface area (Å²) in [6.45, 7) is 10.2. The van der Waals surface area contributed by atoms with E-state index in [0.29, 0.717) is 12.6 Å². The van der Waals surface area contributed by atoms with Gasteiger partial charge in [0.2, 0.25) is 0 Å². The zero-order chi connectivity index (χ0) is 11.5. The second kappa shape index (κ2) is 10.4. The van der Waals surface area contributed by atoms with Gasteiger partial charge in [0.25, 0.3) is 0 Å². The molecule has 1 unspecified atom stereocenters. The summed E-state index contributed by atoms with van der Waals surface area (Å²) in [6.07, 6.45) is 3.68. The maximum absolute atomic E-state index is 8.59. The highest BCUT2D eigenvalue weighted by Gasteiger charge is 2.10. The lowest BCUT2D eigenvalue weighted by Crippen LogP contribution is -2.36. The second-order valence-corrected chi connectivity index (χ2v) is 3.98. The maximum Gasteiger partial charge on any atom is 0.0698 e. The first-order chi connectivity index (χ1) is 7.26. The van der Waals surface area contributed by atoms with Crippen LogP contribution in [0.1, 0.15) is 40.0 Å². The third-order valence-electron chi connectivity index (χ3n) is 2.77. The molecule has 0 aromatic heterocycles. The van der Waals surface area contributed by atoms with Crippen LogP contribution in [0.15, 0.2) is 0 Å². The van der Waals surface area contributed by atoms with Crippen LogP contribution >= 0.6 is 0 Å². The van der Waals surface area contributed by atoms with Crippen LogP contribution in [0.5, 0.6) is 0 Å². The fraction of sp³-hybridized carbons (Fsp3) is 1.00. The van der Waals surface area contributed by atoms with Crippen molar-refractivity contribution in [1.82, 2.24) is 4.90 Å². The summed E-state index contributed by atoms with van der Waals surface area (Å²) in [5, 5.41) is 8.59. The standard InChI is InChI=1S/C12H27NO2/c1-4-6-7-13(12(3)5-2)8-10-15-11-9-14/h12,14H,4-11H2,1-3H3. The first-order valence-electron chi connectivity index (χ1n) is 6.18. The van der Waals surface area contributed by atoms with E-state index in [-0.39, 0.29) is 6.61 Å². The van der Waals surface area contributed by atoms with Gasteiger partial charge in [-0.15, -0.1) is 0 Å². The first-order valence-corrected chi connectivity index (χ1v) is 6.18. The summed E-state index contributed by atoms with van der Waals surface area (Å²) >= 11 is 0. The Labute approximate surface area is 94.4 Å². The topological polar surface area (TPSA) is 32.7 Å². The minimum absolute atomic E-state index is 0.123. The predicted octanol–water partition coefficient (Wildman–Crippen LogP) is 1.90. The molecule has 0 rings (SSSR count). The molecule has 92 valence electrons. The maximum atomic E-state index is 8.59. The highest BCUT2D eigenvalue weighted by molar-refractivity contribution is 4.65. The van der Waals surface area contributed by atoms with Gasteiger partial charge < -0.3 is 9.84 Å². The number of ether oxygens (including phenoxy) is 1. The van der Waals surface area contributed by atoms with Crippen LogP contribution in [0.4, 0.5) is 0 Å². The first kappa shape index (κ1) is 14.9. The molecule has 0 bridgehead atoms. The summed E-state index contributed by atoms with van der Waals surface area (Å²) in [7, 11) is 0. The Morgan fingerprint density at radius 2 is 1.93 bits per heavy atom. The van der Waals surface area contributed by atoms with Crippen molar-refractivity contribution in [2.75, 3.05) is 32.9 Å². The monoisotopic (exact) mass is 217 g/mol. The average Bonchev–Trinajstić information content (AvgIpc) is 2.27. The smallest absolute Gasteiger partial charge is 0.0698 e. The van der Waals surface area contributed by atoms with Crippen molar-refractivity contribution in [2.24, 2.45) is 0 Å². The zero-order valence-electron chi connectivity index (χ0n) is 10.5. The number of hydrogen-bond acceptors (Lipinski definition) is 3. The lowest BCUT2D eigenvalue weighted by molar-refractivity contribution is 0.0640. The van der Waals surface area contributed by atoms with Crippen molar-refractivity contribution in [3.8, 4) is 0 Å². The quantitative estimate of drug-likeness (QED) is 0.567. The van der Waals surface area contributed by atoms with Gasteiger partial charge in [-0.3, -0.25) is 4.90 Å². The Balaban J connectivity index is 3.69. The Bertz CT molecular complexity index is 131. The summed E-state index contributed by atoms with van der Waals surface area (Å²) in [5.41, 5.74) is 0. The predicted molar refractivity (Wildman–Crippen MR) is 64.1 cm³/mol. The van der Waals surface area contributed by atoms with Crippen LogP contribution in [0.2, 0.25) is 0 Å². The number of aliphatic hydroxyl groups excluding tert-OH is 1. The van der Waals surface area contributed by atoms with E-state index in [0.717, 1.165) is 19.7 Å². The van der Waals surface area contributed by atoms with E-state index in [1.54, 1.807) is 0 Å². The van der Waals surface area contributed by atoms with Crippen LogP contribution in [0, 0.1) is 0 Å². The Kier molecular flexibility index (Phi) is 10.3. The molecule has 3 nitrogen and oxygen atoms in total. The summed E-state index contributed by atoms with van der Waals surface area (Å²) < 4.78 is 5.30. The molecule has 1 atom stereocenters. The molecule has 0 aliphatic heterocycles. The third-order valence-corrected chi connectivity index (χ3v) is 2.77. The molecule has 0 aliphatic carbocycles. The third kappa shape index (κ3) is 7.77. The second-order valence-electron chi connectivity index (χ2n) is 3.98. The molecule has 0 amide bonds. The van der Waals surface area contributed by atoms with Crippen LogP contribution in [-0.2, 0) is 4.74 Å². The Morgan fingerprint density at radius 1 is 1.20 bits per heavy atom. The molecule has 1 N–H and O–H groups in total. The van der Waals surface area contributed by atoms with Crippen molar-refractivity contribution in [1.29, 1.82) is 0 Å². The van der Waals surface area contributed by atoms with Crippen molar-refractivity contribution < 1.29 is 9.84 Å². The van der Waals surface area contributed by atoms with Crippen molar-refractivity contribution in [2.45, 2.75) is 46.1 Å². The molecule has 0 saturated heterocycles. The molecule has 0 aliphatic rings. The van der Waals surface area contributed by atoms with Gasteiger partial charge in [0.05, 0.1) is 19.8 Å². The normalized spacial score (nSPS) is 13.4. The van der Waals surface area contributed by atoms with Crippen molar-refractivity contribution in [3.05, 3.63) is 0 Å². The minimum Gasteiger partial charge on any atom is -0.394 e. The molecule has 0 aromatic carbocycles. The molecule has 15 heavy (non-hydrogen) atoms. The molecule has 0 saturated carbocycles. The molecule has 0 fully saturated rings. The van der Waals surface area contributed by atoms with Gasteiger partial charge in [0.1, 0.15) is 0 Å². The van der Waals surface area contributed by atoms with Crippen molar-refractivity contribution >= 4 is 0 Å². The molecular weight excluding hydrogens is 190 g/mol. The summed E-state index contributed by atoms with van der Waals surface area (Å²) in [5.74, 6) is 0. The van der Waals surface area contributed by atoms with E-state index in [4.69, 9.17) is 9.84 Å². The van der Waals surface area contributed by atoms with E-state index in [1.807, 2.05) is 0 Å². The van der Waals surface area contributed by atoms with E-state index in [1.165, 1.54) is 19.3 Å². The highest BCUT2D eigenvalue weighted by Crippen LogP contribution is 2.05. The molecule has 3 heteroatoms. The summed E-state index contributed by atoms with van der Waals surface area (Å²) in [4.78, 5) is 2.47. The lowest BCUT2D eigenvalue weighted by atomic mass is 10.2. The Hall–Kier alpha value is -0.120. The molecule has 0 heterocycles. The van der Waals surface area contributed by atoms with Gasteiger partial charge in [0, 0.05) is 12.6 Å². The van der Waals surface area contributed by atoms with Crippen LogP contribution in [0.25, 0.3) is 0 Å². The number of rotatable bonds is 10. The largest absolute Gasteiger partial charge is 0.394 e. The average molecular weight is 217 g/mol. The van der Waals surface area contributed by atoms with E-state index >= 15 is 0 Å². The summed E-state index contributed by atoms with van der Waals surface area (Å²) in [6, 6.07) is 0.634. The zero-order valence-corrected chi connectivity index (χ0v) is 10.5. The van der Waals surface area contributed by atoms with Crippen molar-refractivity contribution in [3.63, 3.8) is 0 Å². The van der Waals surface area contributed by atoms with Gasteiger partial charge in [-0.1, -0.05) is 20.3 Å². The highest BCUT2D eigenvalue weighted by atomic mass is 16.5. The van der Waals surface area contributed by atoms with Gasteiger partial charge >= 0.3 is 0 Å². The van der Waals surface area contributed by atoms with Gasteiger partial charge in [-0.05, 0) is 26.3 Å². The fourth-order valence-corrected chi connectivity index (χ4v) is 1.52.